The van der Waals surface area contributed by atoms with Crippen LogP contribution in [0.25, 0.3) is 0 Å². The normalized spacial score (nSPS) is 14.1. The van der Waals surface area contributed by atoms with E-state index >= 15 is 0 Å². The second-order valence-electron chi connectivity index (χ2n) is 3.32. The summed E-state index contributed by atoms with van der Waals surface area (Å²) in [4.78, 5) is 1.33. The van der Waals surface area contributed by atoms with E-state index in [1.54, 1.807) is 24.3 Å². The molecule has 2 rings (SSSR count). The zero-order chi connectivity index (χ0) is 12.1. The highest BCUT2D eigenvalue weighted by Crippen LogP contribution is 2.15. The highest BCUT2D eigenvalue weighted by Gasteiger charge is 1.99. The van der Waals surface area contributed by atoms with Gasteiger partial charge in [0.2, 0.25) is 0 Å². The lowest BCUT2D eigenvalue weighted by molar-refractivity contribution is 0.682. The van der Waals surface area contributed by atoms with Crippen LogP contribution in [0.4, 0.5) is 0 Å². The third kappa shape index (κ3) is 3.35. The standard InChI is InChI=1S/C13H11O2S2/c14-16(12-7-3-1-4-8-12)11-17(15)13-9-5-2-6-10-13/h1-11H/q-1. The molecule has 0 N–H and O–H groups in total. The Bertz CT molecular complexity index is 474. The van der Waals surface area contributed by atoms with Gasteiger partial charge in [-0.1, -0.05) is 58.0 Å². The predicted molar refractivity (Wildman–Crippen MR) is 70.0 cm³/mol. The summed E-state index contributed by atoms with van der Waals surface area (Å²) in [5, 5.41) is 1.35. The van der Waals surface area contributed by atoms with Gasteiger partial charge >= 0.3 is 0 Å². The Morgan fingerprint density at radius 3 is 1.35 bits per heavy atom. The van der Waals surface area contributed by atoms with Crippen LogP contribution in [0, 0.1) is 5.08 Å². The topological polar surface area (TPSA) is 34.1 Å². The zero-order valence-corrected chi connectivity index (χ0v) is 10.6. The molecule has 0 aliphatic heterocycles. The Morgan fingerprint density at radius 1 is 0.647 bits per heavy atom. The van der Waals surface area contributed by atoms with E-state index in [0.29, 0.717) is 9.79 Å². The Balaban J connectivity index is 2.08. The summed E-state index contributed by atoms with van der Waals surface area (Å²) in [7, 11) is -2.68. The van der Waals surface area contributed by atoms with Gasteiger partial charge in [0.05, 0.1) is 0 Å². The number of benzene rings is 2. The van der Waals surface area contributed by atoms with Gasteiger partial charge in [-0.15, -0.1) is 5.08 Å². The van der Waals surface area contributed by atoms with Gasteiger partial charge in [-0.2, -0.15) is 0 Å². The minimum absolute atomic E-state index is 0.664. The summed E-state index contributed by atoms with van der Waals surface area (Å²) in [5.41, 5.74) is 0. The van der Waals surface area contributed by atoms with Crippen LogP contribution in [0.15, 0.2) is 70.5 Å². The first kappa shape index (κ1) is 12.2. The summed E-state index contributed by atoms with van der Waals surface area (Å²) in [6, 6.07) is 18.0. The molecule has 0 fully saturated rings. The van der Waals surface area contributed by atoms with Crippen LogP contribution in [0.1, 0.15) is 0 Å². The molecule has 0 amide bonds. The van der Waals surface area contributed by atoms with Gasteiger partial charge in [0.1, 0.15) is 0 Å². The number of hydrogen-bond donors (Lipinski definition) is 0. The first-order valence-corrected chi connectivity index (χ1v) is 7.46. The van der Waals surface area contributed by atoms with Crippen LogP contribution in [-0.2, 0) is 21.6 Å². The molecule has 88 valence electrons. The van der Waals surface area contributed by atoms with Crippen LogP contribution in [0.3, 0.4) is 0 Å². The molecule has 0 aliphatic rings. The van der Waals surface area contributed by atoms with Gasteiger partial charge in [-0.25, -0.2) is 0 Å². The van der Waals surface area contributed by atoms with Crippen LogP contribution in [-0.4, -0.2) is 8.42 Å². The van der Waals surface area contributed by atoms with E-state index in [-0.39, 0.29) is 0 Å². The maximum atomic E-state index is 11.9. The predicted octanol–water partition coefficient (Wildman–Crippen LogP) is 2.72. The first-order chi connectivity index (χ1) is 8.27. The van der Waals surface area contributed by atoms with Crippen molar-refractivity contribution in [2.75, 3.05) is 0 Å². The highest BCUT2D eigenvalue weighted by atomic mass is 32.2. The van der Waals surface area contributed by atoms with Crippen molar-refractivity contribution in [1.29, 1.82) is 0 Å². The van der Waals surface area contributed by atoms with Crippen molar-refractivity contribution in [3.8, 4) is 0 Å². The average Bonchev–Trinajstić information content (AvgIpc) is 2.40. The van der Waals surface area contributed by atoms with Crippen LogP contribution >= 0.6 is 0 Å². The van der Waals surface area contributed by atoms with Gasteiger partial charge in [0, 0.05) is 9.79 Å². The van der Waals surface area contributed by atoms with Crippen LogP contribution in [0.2, 0.25) is 0 Å². The van der Waals surface area contributed by atoms with E-state index in [2.05, 4.69) is 0 Å². The maximum Gasteiger partial charge on any atom is 0.00735 e. The Hall–Kier alpha value is -1.26. The van der Waals surface area contributed by atoms with Crippen molar-refractivity contribution in [3.63, 3.8) is 0 Å². The van der Waals surface area contributed by atoms with Crippen molar-refractivity contribution in [2.45, 2.75) is 9.79 Å². The monoisotopic (exact) mass is 263 g/mol. The van der Waals surface area contributed by atoms with E-state index in [0.717, 1.165) is 0 Å². The van der Waals surface area contributed by atoms with Gasteiger partial charge in [0.15, 0.2) is 0 Å². The first-order valence-electron chi connectivity index (χ1n) is 5.03. The lowest BCUT2D eigenvalue weighted by atomic mass is 10.4. The molecule has 2 nitrogen and oxygen atoms in total. The summed E-state index contributed by atoms with van der Waals surface area (Å²) in [5.74, 6) is 0. The van der Waals surface area contributed by atoms with Crippen LogP contribution in [0.5, 0.6) is 0 Å². The SMILES string of the molecule is O=S([CH-]S(=O)c1ccccc1)c1ccccc1. The second kappa shape index (κ2) is 5.89. The van der Waals surface area contributed by atoms with Crippen molar-refractivity contribution in [1.82, 2.24) is 0 Å². The Morgan fingerprint density at radius 2 is 1.00 bits per heavy atom. The molecule has 0 aromatic heterocycles. The lowest BCUT2D eigenvalue weighted by Crippen LogP contribution is -1.99. The largest absolute Gasteiger partial charge is 0.288 e. The molecule has 0 saturated carbocycles. The molecular formula is C13H11O2S2-. The molecule has 2 unspecified atom stereocenters. The zero-order valence-electron chi connectivity index (χ0n) is 8.98. The fourth-order valence-electron chi connectivity index (χ4n) is 1.30. The van der Waals surface area contributed by atoms with Crippen LogP contribution < -0.4 is 0 Å². The van der Waals surface area contributed by atoms with Crippen molar-refractivity contribution < 1.29 is 8.42 Å². The molecule has 2 aromatic rings. The molecule has 0 saturated heterocycles. The molecule has 2 atom stereocenters. The van der Waals surface area contributed by atoms with Gasteiger partial charge < -0.3 is 0 Å². The number of rotatable bonds is 4. The molecule has 17 heavy (non-hydrogen) atoms. The molecule has 2 aromatic carbocycles. The Kier molecular flexibility index (Phi) is 4.23. The minimum atomic E-state index is -1.34. The summed E-state index contributed by atoms with van der Waals surface area (Å²) in [6.45, 7) is 0. The Labute approximate surface area is 106 Å². The molecular weight excluding hydrogens is 252 g/mol. The molecule has 0 bridgehead atoms. The van der Waals surface area contributed by atoms with Gasteiger partial charge in [-0.3, -0.25) is 8.42 Å². The molecule has 0 heterocycles. The van der Waals surface area contributed by atoms with Gasteiger partial charge in [0.25, 0.3) is 0 Å². The minimum Gasteiger partial charge on any atom is -0.288 e. The summed E-state index contributed by atoms with van der Waals surface area (Å²) < 4.78 is 23.8. The molecule has 4 heteroatoms. The molecule has 0 radical (unpaired) electrons. The summed E-state index contributed by atoms with van der Waals surface area (Å²) in [6.07, 6.45) is 0. The van der Waals surface area contributed by atoms with Crippen molar-refractivity contribution in [3.05, 3.63) is 65.7 Å². The second-order valence-corrected chi connectivity index (χ2v) is 6.22. The van der Waals surface area contributed by atoms with Crippen molar-refractivity contribution >= 4 is 21.6 Å². The fraction of sp³-hybridized carbons (Fsp3) is 0. The molecule has 0 aliphatic carbocycles. The average molecular weight is 263 g/mol. The highest BCUT2D eigenvalue weighted by molar-refractivity contribution is 8.05. The van der Waals surface area contributed by atoms with Gasteiger partial charge in [-0.05, 0) is 24.3 Å². The third-order valence-corrected chi connectivity index (χ3v) is 5.00. The van der Waals surface area contributed by atoms with Crippen molar-refractivity contribution in [2.24, 2.45) is 0 Å². The fourth-order valence-corrected chi connectivity index (χ4v) is 3.67. The summed E-state index contributed by atoms with van der Waals surface area (Å²) >= 11 is 0. The van der Waals surface area contributed by atoms with E-state index in [1.807, 2.05) is 36.4 Å². The van der Waals surface area contributed by atoms with E-state index < -0.39 is 21.6 Å². The molecule has 0 spiro atoms. The third-order valence-electron chi connectivity index (χ3n) is 2.13. The quantitative estimate of drug-likeness (QED) is 0.795. The van der Waals surface area contributed by atoms with E-state index in [9.17, 15) is 8.42 Å². The maximum absolute atomic E-state index is 11.9. The smallest absolute Gasteiger partial charge is 0.00735 e. The lowest BCUT2D eigenvalue weighted by Gasteiger charge is -2.13. The van der Waals surface area contributed by atoms with E-state index in [1.165, 1.54) is 5.08 Å². The number of hydrogen-bond acceptors (Lipinski definition) is 2. The van der Waals surface area contributed by atoms with E-state index in [4.69, 9.17) is 0 Å².